The molecule has 26 heavy (non-hydrogen) atoms. The second-order valence-electron chi connectivity index (χ2n) is 6.70. The van der Waals surface area contributed by atoms with Crippen molar-refractivity contribution in [2.75, 3.05) is 24.6 Å². The molecule has 0 aromatic heterocycles. The van der Waals surface area contributed by atoms with Crippen LogP contribution in [-0.2, 0) is 9.53 Å². The van der Waals surface area contributed by atoms with Crippen molar-refractivity contribution in [1.82, 2.24) is 5.32 Å². The highest BCUT2D eigenvalue weighted by Gasteiger charge is 2.18. The van der Waals surface area contributed by atoms with E-state index in [0.717, 1.165) is 30.8 Å². The minimum Gasteiger partial charge on any atom is -0.375 e. The van der Waals surface area contributed by atoms with Crippen LogP contribution in [-0.4, -0.2) is 31.7 Å². The van der Waals surface area contributed by atoms with Crippen molar-refractivity contribution in [3.8, 4) is 0 Å². The summed E-state index contributed by atoms with van der Waals surface area (Å²) < 4.78 is 5.62. The summed E-state index contributed by atoms with van der Waals surface area (Å²) in [6.07, 6.45) is 3.65. The fraction of sp³-hybridized carbons (Fsp3) is 0.318. The van der Waals surface area contributed by atoms with Crippen LogP contribution >= 0.6 is 0 Å². The van der Waals surface area contributed by atoms with E-state index in [1.165, 1.54) is 5.69 Å². The van der Waals surface area contributed by atoms with Crippen molar-refractivity contribution in [1.29, 1.82) is 0 Å². The molecule has 1 N–H and O–H groups in total. The van der Waals surface area contributed by atoms with Crippen molar-refractivity contribution in [2.24, 2.45) is 0 Å². The zero-order chi connectivity index (χ0) is 18.4. The monoisotopic (exact) mass is 350 g/mol. The molecule has 0 bridgehead atoms. The minimum atomic E-state index is -0.0910. The van der Waals surface area contributed by atoms with Crippen LogP contribution in [0.2, 0.25) is 0 Å². The topological polar surface area (TPSA) is 41.6 Å². The number of hydrogen-bond acceptors (Lipinski definition) is 3. The van der Waals surface area contributed by atoms with E-state index in [-0.39, 0.29) is 18.1 Å². The van der Waals surface area contributed by atoms with E-state index in [2.05, 4.69) is 35.3 Å². The summed E-state index contributed by atoms with van der Waals surface area (Å²) in [4.78, 5) is 14.5. The summed E-state index contributed by atoms with van der Waals surface area (Å²) >= 11 is 0. The number of morpholine rings is 1. The standard InChI is InChI=1S/C22H26N2O2/c1-17-16-24(13-14-26-17)21-10-6-9-20(15-21)18(2)23-22(25)12-11-19-7-4-3-5-8-19/h3-12,15,17-18H,13-14,16H2,1-2H3,(H,23,25)/b12-11+. The summed E-state index contributed by atoms with van der Waals surface area (Å²) in [6, 6.07) is 18.1. The van der Waals surface area contributed by atoms with Gasteiger partial charge in [-0.25, -0.2) is 0 Å². The van der Waals surface area contributed by atoms with Gasteiger partial charge in [0.25, 0.3) is 0 Å². The van der Waals surface area contributed by atoms with Crippen LogP contribution in [0.1, 0.15) is 31.0 Å². The molecule has 2 unspecified atom stereocenters. The first-order valence-corrected chi connectivity index (χ1v) is 9.12. The molecular weight excluding hydrogens is 324 g/mol. The van der Waals surface area contributed by atoms with Crippen LogP contribution in [0.15, 0.2) is 60.7 Å². The van der Waals surface area contributed by atoms with E-state index in [4.69, 9.17) is 4.74 Å². The summed E-state index contributed by atoms with van der Waals surface area (Å²) in [5.41, 5.74) is 3.29. The number of carbonyl (C=O) groups is 1. The number of rotatable bonds is 5. The summed E-state index contributed by atoms with van der Waals surface area (Å²) in [6.45, 7) is 6.65. The van der Waals surface area contributed by atoms with E-state index < -0.39 is 0 Å². The molecule has 2 atom stereocenters. The van der Waals surface area contributed by atoms with Gasteiger partial charge in [-0.1, -0.05) is 42.5 Å². The van der Waals surface area contributed by atoms with Gasteiger partial charge in [0.1, 0.15) is 0 Å². The van der Waals surface area contributed by atoms with Crippen LogP contribution in [0.25, 0.3) is 6.08 Å². The van der Waals surface area contributed by atoms with Gasteiger partial charge in [0.2, 0.25) is 5.91 Å². The lowest BCUT2D eigenvalue weighted by molar-refractivity contribution is -0.117. The van der Waals surface area contributed by atoms with Crippen LogP contribution in [0.3, 0.4) is 0 Å². The number of nitrogens with one attached hydrogen (secondary N) is 1. The van der Waals surface area contributed by atoms with Crippen LogP contribution in [0.4, 0.5) is 5.69 Å². The van der Waals surface area contributed by atoms with Gasteiger partial charge in [0.15, 0.2) is 0 Å². The molecule has 0 aliphatic carbocycles. The fourth-order valence-electron chi connectivity index (χ4n) is 3.12. The maximum absolute atomic E-state index is 12.2. The number of benzene rings is 2. The summed E-state index contributed by atoms with van der Waals surface area (Å²) in [5, 5.41) is 3.04. The van der Waals surface area contributed by atoms with Gasteiger partial charge >= 0.3 is 0 Å². The lowest BCUT2D eigenvalue weighted by atomic mass is 10.1. The first-order valence-electron chi connectivity index (χ1n) is 9.12. The zero-order valence-electron chi connectivity index (χ0n) is 15.4. The first kappa shape index (κ1) is 18.2. The minimum absolute atomic E-state index is 0.0543. The fourth-order valence-corrected chi connectivity index (χ4v) is 3.12. The zero-order valence-corrected chi connectivity index (χ0v) is 15.4. The molecule has 0 saturated carbocycles. The van der Waals surface area contributed by atoms with Gasteiger partial charge in [-0.3, -0.25) is 4.79 Å². The average molecular weight is 350 g/mol. The third kappa shape index (κ3) is 4.96. The Kier molecular flexibility index (Phi) is 6.08. The van der Waals surface area contributed by atoms with Crippen molar-refractivity contribution >= 4 is 17.7 Å². The number of hydrogen-bond donors (Lipinski definition) is 1. The molecule has 4 nitrogen and oxygen atoms in total. The van der Waals surface area contributed by atoms with E-state index in [1.54, 1.807) is 6.08 Å². The van der Waals surface area contributed by atoms with Crippen molar-refractivity contribution in [3.05, 3.63) is 71.8 Å². The molecule has 1 amide bonds. The highest BCUT2D eigenvalue weighted by molar-refractivity contribution is 5.91. The predicted octanol–water partition coefficient (Wildman–Crippen LogP) is 3.80. The average Bonchev–Trinajstić information content (AvgIpc) is 2.67. The largest absolute Gasteiger partial charge is 0.375 e. The third-order valence-electron chi connectivity index (χ3n) is 4.56. The quantitative estimate of drug-likeness (QED) is 0.834. The maximum atomic E-state index is 12.2. The lowest BCUT2D eigenvalue weighted by Crippen LogP contribution is -2.41. The number of carbonyl (C=O) groups excluding carboxylic acids is 1. The van der Waals surface area contributed by atoms with Crippen molar-refractivity contribution in [2.45, 2.75) is 26.0 Å². The predicted molar refractivity (Wildman–Crippen MR) is 106 cm³/mol. The second kappa shape index (κ2) is 8.68. The van der Waals surface area contributed by atoms with Crippen molar-refractivity contribution in [3.63, 3.8) is 0 Å². The highest BCUT2D eigenvalue weighted by atomic mass is 16.5. The van der Waals surface area contributed by atoms with Gasteiger partial charge in [-0.05, 0) is 43.2 Å². The number of amides is 1. The summed E-state index contributed by atoms with van der Waals surface area (Å²) in [5.74, 6) is -0.0910. The highest BCUT2D eigenvalue weighted by Crippen LogP contribution is 2.22. The molecule has 4 heteroatoms. The smallest absolute Gasteiger partial charge is 0.244 e. The van der Waals surface area contributed by atoms with Crippen molar-refractivity contribution < 1.29 is 9.53 Å². The number of nitrogens with zero attached hydrogens (tertiary/aromatic N) is 1. The maximum Gasteiger partial charge on any atom is 0.244 e. The Morgan fingerprint density at radius 2 is 2.04 bits per heavy atom. The third-order valence-corrected chi connectivity index (χ3v) is 4.56. The van der Waals surface area contributed by atoms with Crippen LogP contribution in [0, 0.1) is 0 Å². The van der Waals surface area contributed by atoms with Gasteiger partial charge < -0.3 is 15.0 Å². The van der Waals surface area contributed by atoms with Gasteiger partial charge in [0, 0.05) is 24.9 Å². The lowest BCUT2D eigenvalue weighted by Gasteiger charge is -2.33. The Morgan fingerprint density at radius 1 is 1.23 bits per heavy atom. The second-order valence-corrected chi connectivity index (χ2v) is 6.70. The van der Waals surface area contributed by atoms with Crippen LogP contribution in [0.5, 0.6) is 0 Å². The Bertz CT molecular complexity index is 758. The van der Waals surface area contributed by atoms with Gasteiger partial charge in [-0.15, -0.1) is 0 Å². The Labute approximate surface area is 155 Å². The van der Waals surface area contributed by atoms with Crippen LogP contribution < -0.4 is 10.2 Å². The summed E-state index contributed by atoms with van der Waals surface area (Å²) in [7, 11) is 0. The SMILES string of the molecule is CC1CN(c2cccc(C(C)NC(=O)/C=C/c3ccccc3)c2)CCO1. The van der Waals surface area contributed by atoms with E-state index >= 15 is 0 Å². The molecule has 2 aromatic carbocycles. The normalized spacial score (nSPS) is 18.7. The Hall–Kier alpha value is -2.59. The molecular formula is C22H26N2O2. The molecule has 2 aromatic rings. The molecule has 1 heterocycles. The number of ether oxygens (including phenoxy) is 1. The molecule has 3 rings (SSSR count). The molecule has 1 saturated heterocycles. The van der Waals surface area contributed by atoms with Gasteiger partial charge in [0.05, 0.1) is 18.8 Å². The first-order chi connectivity index (χ1) is 12.6. The molecule has 0 spiro atoms. The number of anilines is 1. The van der Waals surface area contributed by atoms with Gasteiger partial charge in [-0.2, -0.15) is 0 Å². The molecule has 0 radical (unpaired) electrons. The molecule has 1 fully saturated rings. The Balaban J connectivity index is 1.62. The van der Waals surface area contributed by atoms with E-state index in [1.807, 2.05) is 49.4 Å². The molecule has 136 valence electrons. The molecule has 1 aliphatic rings. The molecule has 1 aliphatic heterocycles. The Morgan fingerprint density at radius 3 is 2.81 bits per heavy atom. The van der Waals surface area contributed by atoms with E-state index in [0.29, 0.717) is 0 Å². The van der Waals surface area contributed by atoms with E-state index in [9.17, 15) is 4.79 Å².